The number of carbonyl (C=O) groups excluding carboxylic acids is 1. The molecule has 0 radical (unpaired) electrons. The van der Waals surface area contributed by atoms with E-state index in [-0.39, 0.29) is 29.2 Å². The predicted octanol–water partition coefficient (Wildman–Crippen LogP) is 1.75. The highest BCUT2D eigenvalue weighted by Gasteiger charge is 2.44. The van der Waals surface area contributed by atoms with Gasteiger partial charge in [-0.2, -0.15) is 0 Å². The van der Waals surface area contributed by atoms with Crippen molar-refractivity contribution in [3.8, 4) is 0 Å². The van der Waals surface area contributed by atoms with Crippen molar-refractivity contribution in [3.63, 3.8) is 0 Å². The zero-order valence-corrected chi connectivity index (χ0v) is 11.9. The Labute approximate surface area is 122 Å². The van der Waals surface area contributed by atoms with Crippen LogP contribution >= 0.6 is 0 Å². The lowest BCUT2D eigenvalue weighted by Gasteiger charge is -2.18. The molecule has 21 heavy (non-hydrogen) atoms. The van der Waals surface area contributed by atoms with Crippen LogP contribution in [0.2, 0.25) is 0 Å². The van der Waals surface area contributed by atoms with E-state index in [1.165, 1.54) is 6.07 Å². The Morgan fingerprint density at radius 2 is 2.14 bits per heavy atom. The number of amides is 1. The molecule has 1 saturated heterocycles. The number of aliphatic hydroxyl groups excluding tert-OH is 1. The molecule has 0 bridgehead atoms. The van der Waals surface area contributed by atoms with Crippen LogP contribution in [0.15, 0.2) is 18.2 Å². The number of hydrogen-bond acceptors (Lipinski definition) is 4. The van der Waals surface area contributed by atoms with Gasteiger partial charge < -0.3 is 10.0 Å². The molecule has 1 heterocycles. The molecule has 2 aliphatic rings. The Balaban J connectivity index is 1.87. The lowest BCUT2D eigenvalue weighted by Crippen LogP contribution is -2.31. The fourth-order valence-electron chi connectivity index (χ4n) is 3.65. The summed E-state index contributed by atoms with van der Waals surface area (Å²) >= 11 is 0. The first kappa shape index (κ1) is 14.0. The standard InChI is InChI=1S/C15H18N2O4/c1-9-3-2-4-11(14(9)17(20)21)15(19)16-7-10-5-6-13(18)12(10)8-16/h2-4,10,12-13,18H,5-8H2,1H3. The minimum atomic E-state index is -0.492. The van der Waals surface area contributed by atoms with E-state index in [0.29, 0.717) is 24.6 Å². The number of likely N-dealkylation sites (tertiary alicyclic amines) is 1. The van der Waals surface area contributed by atoms with Crippen LogP contribution < -0.4 is 0 Å². The van der Waals surface area contributed by atoms with Crippen molar-refractivity contribution < 1.29 is 14.8 Å². The Kier molecular flexibility index (Phi) is 3.41. The highest BCUT2D eigenvalue weighted by Crippen LogP contribution is 2.39. The van der Waals surface area contributed by atoms with Crippen molar-refractivity contribution in [2.24, 2.45) is 11.8 Å². The number of para-hydroxylation sites is 1. The molecule has 1 aliphatic carbocycles. The number of nitro groups is 1. The molecule has 3 rings (SSSR count). The summed E-state index contributed by atoms with van der Waals surface area (Å²) < 4.78 is 0. The third-order valence-electron chi connectivity index (χ3n) is 4.76. The minimum absolute atomic E-state index is 0.111. The van der Waals surface area contributed by atoms with Crippen molar-refractivity contribution in [2.75, 3.05) is 13.1 Å². The summed E-state index contributed by atoms with van der Waals surface area (Å²) in [5.41, 5.74) is 0.528. The van der Waals surface area contributed by atoms with E-state index < -0.39 is 4.92 Å². The SMILES string of the molecule is Cc1cccc(C(=O)N2CC3CCC(O)C3C2)c1[N+](=O)[O-]. The number of nitrogens with zero attached hydrogens (tertiary/aromatic N) is 2. The number of nitro benzene ring substituents is 1. The molecule has 6 heteroatoms. The van der Waals surface area contributed by atoms with Crippen molar-refractivity contribution in [1.82, 2.24) is 4.90 Å². The average Bonchev–Trinajstić information content (AvgIpc) is 3.00. The minimum Gasteiger partial charge on any atom is -0.393 e. The fourth-order valence-corrected chi connectivity index (χ4v) is 3.65. The van der Waals surface area contributed by atoms with Crippen LogP contribution in [0.25, 0.3) is 0 Å². The molecule has 6 nitrogen and oxygen atoms in total. The van der Waals surface area contributed by atoms with E-state index in [4.69, 9.17) is 0 Å². The smallest absolute Gasteiger partial charge is 0.285 e. The molecule has 112 valence electrons. The molecular weight excluding hydrogens is 272 g/mol. The van der Waals surface area contributed by atoms with E-state index in [1.807, 2.05) is 0 Å². The fraction of sp³-hybridized carbons (Fsp3) is 0.533. The summed E-state index contributed by atoms with van der Waals surface area (Å²) in [6.45, 7) is 2.72. The van der Waals surface area contributed by atoms with Gasteiger partial charge in [-0.05, 0) is 31.7 Å². The van der Waals surface area contributed by atoms with Crippen molar-refractivity contribution in [1.29, 1.82) is 0 Å². The molecule has 1 aliphatic heterocycles. The second-order valence-corrected chi connectivity index (χ2v) is 6.01. The molecule has 3 atom stereocenters. The maximum Gasteiger partial charge on any atom is 0.285 e. The van der Waals surface area contributed by atoms with Gasteiger partial charge >= 0.3 is 0 Å². The van der Waals surface area contributed by atoms with Gasteiger partial charge in [0.05, 0.1) is 11.0 Å². The Morgan fingerprint density at radius 3 is 2.81 bits per heavy atom. The van der Waals surface area contributed by atoms with Gasteiger partial charge in [-0.3, -0.25) is 14.9 Å². The van der Waals surface area contributed by atoms with E-state index in [2.05, 4.69) is 0 Å². The van der Waals surface area contributed by atoms with E-state index in [9.17, 15) is 20.0 Å². The van der Waals surface area contributed by atoms with Crippen LogP contribution in [0.3, 0.4) is 0 Å². The molecule has 2 fully saturated rings. The Bertz CT molecular complexity index is 601. The summed E-state index contributed by atoms with van der Waals surface area (Å²) in [5.74, 6) is 0.151. The zero-order valence-electron chi connectivity index (χ0n) is 11.9. The molecule has 3 unspecified atom stereocenters. The summed E-state index contributed by atoms with van der Waals surface area (Å²) in [6.07, 6.45) is 1.37. The summed E-state index contributed by atoms with van der Waals surface area (Å²) in [5, 5.41) is 21.1. The second-order valence-electron chi connectivity index (χ2n) is 6.01. The van der Waals surface area contributed by atoms with Crippen LogP contribution in [-0.4, -0.2) is 40.0 Å². The molecule has 1 aromatic rings. The number of carbonyl (C=O) groups is 1. The summed E-state index contributed by atoms with van der Waals surface area (Å²) in [6, 6.07) is 4.82. The predicted molar refractivity (Wildman–Crippen MR) is 76.0 cm³/mol. The lowest BCUT2D eigenvalue weighted by molar-refractivity contribution is -0.385. The maximum atomic E-state index is 12.6. The molecule has 0 aromatic heterocycles. The number of hydrogen-bond donors (Lipinski definition) is 1. The van der Waals surface area contributed by atoms with Gasteiger partial charge in [-0.25, -0.2) is 0 Å². The monoisotopic (exact) mass is 290 g/mol. The molecule has 1 saturated carbocycles. The number of benzene rings is 1. The van der Waals surface area contributed by atoms with Gasteiger partial charge in [0.1, 0.15) is 5.56 Å². The number of aryl methyl sites for hydroxylation is 1. The largest absolute Gasteiger partial charge is 0.393 e. The highest BCUT2D eigenvalue weighted by atomic mass is 16.6. The number of rotatable bonds is 2. The van der Waals surface area contributed by atoms with Crippen LogP contribution in [-0.2, 0) is 0 Å². The van der Waals surface area contributed by atoms with Crippen LogP contribution in [0, 0.1) is 28.9 Å². The normalized spacial score (nSPS) is 27.7. The topological polar surface area (TPSA) is 83.7 Å². The van der Waals surface area contributed by atoms with Crippen LogP contribution in [0.1, 0.15) is 28.8 Å². The quantitative estimate of drug-likeness (QED) is 0.664. The van der Waals surface area contributed by atoms with Gasteiger partial charge in [0, 0.05) is 24.6 Å². The van der Waals surface area contributed by atoms with Gasteiger partial charge in [-0.1, -0.05) is 12.1 Å². The third kappa shape index (κ3) is 2.29. The Morgan fingerprint density at radius 1 is 1.38 bits per heavy atom. The van der Waals surface area contributed by atoms with E-state index in [1.54, 1.807) is 24.0 Å². The first-order chi connectivity index (χ1) is 9.99. The third-order valence-corrected chi connectivity index (χ3v) is 4.76. The van der Waals surface area contributed by atoms with Crippen molar-refractivity contribution in [2.45, 2.75) is 25.9 Å². The lowest BCUT2D eigenvalue weighted by atomic mass is 10.00. The molecule has 0 spiro atoms. The first-order valence-electron chi connectivity index (χ1n) is 7.20. The maximum absolute atomic E-state index is 12.6. The van der Waals surface area contributed by atoms with Gasteiger partial charge in [0.25, 0.3) is 11.6 Å². The molecule has 1 aromatic carbocycles. The van der Waals surface area contributed by atoms with Crippen molar-refractivity contribution in [3.05, 3.63) is 39.4 Å². The number of aliphatic hydroxyl groups is 1. The zero-order chi connectivity index (χ0) is 15.1. The number of fused-ring (bicyclic) bond motifs is 1. The van der Waals surface area contributed by atoms with Crippen LogP contribution in [0.5, 0.6) is 0 Å². The van der Waals surface area contributed by atoms with Gasteiger partial charge in [-0.15, -0.1) is 0 Å². The van der Waals surface area contributed by atoms with Gasteiger partial charge in [0.15, 0.2) is 0 Å². The first-order valence-corrected chi connectivity index (χ1v) is 7.20. The highest BCUT2D eigenvalue weighted by molar-refractivity contribution is 5.98. The van der Waals surface area contributed by atoms with E-state index in [0.717, 1.165) is 12.8 Å². The molecule has 1 N–H and O–H groups in total. The van der Waals surface area contributed by atoms with Crippen LogP contribution in [0.4, 0.5) is 5.69 Å². The second kappa shape index (κ2) is 5.11. The van der Waals surface area contributed by atoms with Gasteiger partial charge in [0.2, 0.25) is 0 Å². The Hall–Kier alpha value is -1.95. The van der Waals surface area contributed by atoms with E-state index >= 15 is 0 Å². The van der Waals surface area contributed by atoms with Crippen molar-refractivity contribution >= 4 is 11.6 Å². The molecular formula is C15H18N2O4. The summed E-state index contributed by atoms with van der Waals surface area (Å²) in [4.78, 5) is 25.0. The average molecular weight is 290 g/mol. The molecule has 1 amide bonds. The summed E-state index contributed by atoms with van der Waals surface area (Å²) in [7, 11) is 0.